The maximum Gasteiger partial charge on any atom is 0.338 e. The molecule has 0 aliphatic heterocycles. The molecule has 1 aromatic carbocycles. The third-order valence-corrected chi connectivity index (χ3v) is 8.59. The van der Waals surface area contributed by atoms with E-state index in [0.29, 0.717) is 23.7 Å². The maximum absolute atomic E-state index is 13.4. The number of carbonyl (C=O) groups excluding carboxylic acids is 2. The van der Waals surface area contributed by atoms with Crippen LogP contribution < -0.4 is 5.32 Å². The highest BCUT2D eigenvalue weighted by molar-refractivity contribution is 7.16. The summed E-state index contributed by atoms with van der Waals surface area (Å²) in [6.45, 7) is 2.50. The van der Waals surface area contributed by atoms with Gasteiger partial charge in [0, 0.05) is 16.5 Å². The van der Waals surface area contributed by atoms with Gasteiger partial charge in [-0.25, -0.2) is 9.79 Å². The van der Waals surface area contributed by atoms with E-state index in [9.17, 15) is 9.59 Å². The minimum Gasteiger partial charge on any atom is -0.462 e. The summed E-state index contributed by atoms with van der Waals surface area (Å²) in [6.07, 6.45) is 13.6. The molecular formula is C31H36N2O4S. The van der Waals surface area contributed by atoms with Gasteiger partial charge >= 0.3 is 5.97 Å². The molecule has 2 heterocycles. The number of hydrogen-bond donors (Lipinski definition) is 1. The number of rotatable bonds is 9. The molecule has 5 rings (SSSR count). The SMILES string of the molecule is CCCCOC(=O)c1ccc(-c2ccc(C=Nc3sc4c(c3C(=O)NC3CCCCC3)CCCC4)o2)cc1. The van der Waals surface area contributed by atoms with Crippen LogP contribution in [0, 0.1) is 0 Å². The monoisotopic (exact) mass is 532 g/mol. The molecule has 0 unspecified atom stereocenters. The van der Waals surface area contributed by atoms with E-state index in [4.69, 9.17) is 14.1 Å². The second kappa shape index (κ2) is 12.6. The molecule has 2 aromatic heterocycles. The van der Waals surface area contributed by atoms with E-state index in [0.717, 1.165) is 67.5 Å². The van der Waals surface area contributed by atoms with Gasteiger partial charge in [-0.2, -0.15) is 0 Å². The highest BCUT2D eigenvalue weighted by Crippen LogP contribution is 2.40. The average molecular weight is 533 g/mol. The Morgan fingerprint density at radius 2 is 1.84 bits per heavy atom. The Labute approximate surface area is 228 Å². The number of aliphatic imine (C=N–C) groups is 1. The highest BCUT2D eigenvalue weighted by Gasteiger charge is 2.27. The third kappa shape index (κ3) is 6.26. The van der Waals surface area contributed by atoms with E-state index in [1.54, 1.807) is 29.7 Å². The van der Waals surface area contributed by atoms with Crippen molar-refractivity contribution in [1.29, 1.82) is 0 Å². The molecule has 0 spiro atoms. The lowest BCUT2D eigenvalue weighted by Crippen LogP contribution is -2.36. The van der Waals surface area contributed by atoms with Gasteiger partial charge in [-0.3, -0.25) is 4.79 Å². The zero-order valence-corrected chi connectivity index (χ0v) is 22.9. The number of furan rings is 1. The Balaban J connectivity index is 1.30. The molecular weight excluding hydrogens is 496 g/mol. The average Bonchev–Trinajstić information content (AvgIpc) is 3.57. The molecule has 0 saturated heterocycles. The molecule has 7 heteroatoms. The summed E-state index contributed by atoms with van der Waals surface area (Å²) < 4.78 is 11.3. The fourth-order valence-electron chi connectivity index (χ4n) is 5.24. The van der Waals surface area contributed by atoms with Crippen LogP contribution in [0.4, 0.5) is 5.00 Å². The number of benzene rings is 1. The smallest absolute Gasteiger partial charge is 0.338 e. The number of nitrogens with one attached hydrogen (secondary N) is 1. The Morgan fingerprint density at radius 3 is 2.63 bits per heavy atom. The van der Waals surface area contributed by atoms with Crippen molar-refractivity contribution < 1.29 is 18.7 Å². The minimum absolute atomic E-state index is 0.0249. The third-order valence-electron chi connectivity index (χ3n) is 7.39. The minimum atomic E-state index is -0.306. The summed E-state index contributed by atoms with van der Waals surface area (Å²) in [5, 5.41) is 4.07. The topological polar surface area (TPSA) is 80.9 Å². The molecule has 1 saturated carbocycles. The van der Waals surface area contributed by atoms with Gasteiger partial charge in [-0.1, -0.05) is 44.7 Å². The second-order valence-electron chi connectivity index (χ2n) is 10.2. The van der Waals surface area contributed by atoms with Crippen LogP contribution >= 0.6 is 11.3 Å². The molecule has 2 aliphatic rings. The van der Waals surface area contributed by atoms with Gasteiger partial charge in [-0.15, -0.1) is 11.3 Å². The van der Waals surface area contributed by atoms with E-state index >= 15 is 0 Å². The predicted molar refractivity (Wildman–Crippen MR) is 152 cm³/mol. The normalized spacial score (nSPS) is 15.9. The lowest BCUT2D eigenvalue weighted by molar-refractivity contribution is 0.0499. The number of thiophene rings is 1. The van der Waals surface area contributed by atoms with E-state index < -0.39 is 0 Å². The van der Waals surface area contributed by atoms with Crippen molar-refractivity contribution in [3.8, 4) is 11.3 Å². The van der Waals surface area contributed by atoms with Gasteiger partial charge < -0.3 is 14.5 Å². The fraction of sp³-hybridized carbons (Fsp3) is 0.452. The number of carbonyl (C=O) groups is 2. The summed E-state index contributed by atoms with van der Waals surface area (Å²) in [5.41, 5.74) is 3.35. The Hall–Kier alpha value is -3.19. The van der Waals surface area contributed by atoms with Gasteiger partial charge in [0.05, 0.1) is 23.9 Å². The number of amides is 1. The molecule has 38 heavy (non-hydrogen) atoms. The van der Waals surface area contributed by atoms with E-state index in [-0.39, 0.29) is 17.9 Å². The number of esters is 1. The van der Waals surface area contributed by atoms with Crippen molar-refractivity contribution in [1.82, 2.24) is 5.32 Å². The first-order valence-electron chi connectivity index (χ1n) is 14.0. The van der Waals surface area contributed by atoms with Crippen LogP contribution in [0.3, 0.4) is 0 Å². The van der Waals surface area contributed by atoms with Crippen LogP contribution in [0.2, 0.25) is 0 Å². The van der Waals surface area contributed by atoms with Gasteiger partial charge in [0.2, 0.25) is 0 Å². The largest absolute Gasteiger partial charge is 0.462 e. The van der Waals surface area contributed by atoms with Crippen LogP contribution in [0.25, 0.3) is 11.3 Å². The molecule has 2 aliphatic carbocycles. The number of hydrogen-bond acceptors (Lipinski definition) is 6. The Bertz CT molecular complexity index is 1280. The van der Waals surface area contributed by atoms with Crippen LogP contribution in [0.1, 0.15) is 102 Å². The zero-order valence-electron chi connectivity index (χ0n) is 22.1. The van der Waals surface area contributed by atoms with Crippen molar-refractivity contribution in [2.75, 3.05) is 6.61 Å². The van der Waals surface area contributed by atoms with Crippen molar-refractivity contribution in [3.05, 3.63) is 63.7 Å². The highest BCUT2D eigenvalue weighted by atomic mass is 32.1. The van der Waals surface area contributed by atoms with Crippen molar-refractivity contribution in [2.24, 2.45) is 4.99 Å². The van der Waals surface area contributed by atoms with Gasteiger partial charge in [0.25, 0.3) is 5.91 Å². The molecule has 0 radical (unpaired) electrons. The molecule has 0 bridgehead atoms. The first-order chi connectivity index (χ1) is 18.6. The van der Waals surface area contributed by atoms with Crippen LogP contribution in [0.15, 0.2) is 45.8 Å². The predicted octanol–water partition coefficient (Wildman–Crippen LogP) is 7.66. The van der Waals surface area contributed by atoms with Crippen molar-refractivity contribution >= 4 is 34.4 Å². The fourth-order valence-corrected chi connectivity index (χ4v) is 6.47. The van der Waals surface area contributed by atoms with Gasteiger partial charge in [0.15, 0.2) is 0 Å². The molecule has 1 amide bonds. The summed E-state index contributed by atoms with van der Waals surface area (Å²) in [4.78, 5) is 31.6. The summed E-state index contributed by atoms with van der Waals surface area (Å²) in [5.74, 6) is 1.03. The second-order valence-corrected chi connectivity index (χ2v) is 11.3. The molecule has 0 atom stereocenters. The van der Waals surface area contributed by atoms with E-state index in [1.165, 1.54) is 29.7 Å². The molecule has 200 valence electrons. The Morgan fingerprint density at radius 1 is 1.05 bits per heavy atom. The summed E-state index contributed by atoms with van der Waals surface area (Å²) in [7, 11) is 0. The lowest BCUT2D eigenvalue weighted by Gasteiger charge is -2.23. The van der Waals surface area contributed by atoms with Crippen LogP contribution in [-0.4, -0.2) is 30.7 Å². The molecule has 1 N–H and O–H groups in total. The van der Waals surface area contributed by atoms with E-state index in [2.05, 4.69) is 12.2 Å². The number of ether oxygens (including phenoxy) is 1. The summed E-state index contributed by atoms with van der Waals surface area (Å²) >= 11 is 1.64. The van der Waals surface area contributed by atoms with Crippen LogP contribution in [0.5, 0.6) is 0 Å². The Kier molecular flexibility index (Phi) is 8.74. The molecule has 6 nitrogen and oxygen atoms in total. The van der Waals surface area contributed by atoms with Crippen molar-refractivity contribution in [2.45, 2.75) is 83.6 Å². The number of nitrogens with zero attached hydrogens (tertiary/aromatic N) is 1. The van der Waals surface area contributed by atoms with Crippen molar-refractivity contribution in [3.63, 3.8) is 0 Å². The first-order valence-corrected chi connectivity index (χ1v) is 14.8. The zero-order chi connectivity index (χ0) is 26.3. The molecule has 1 fully saturated rings. The number of unbranched alkanes of at least 4 members (excludes halogenated alkanes) is 1. The maximum atomic E-state index is 13.4. The summed E-state index contributed by atoms with van der Waals surface area (Å²) in [6, 6.07) is 11.3. The standard InChI is InChI=1S/C31H36N2O4S/c1-2-3-19-36-31(35)22-15-13-21(14-16-22)26-18-17-24(37-26)20-32-30-28(25-11-7-8-12-27(25)38-30)29(34)33-23-9-5-4-6-10-23/h13-18,20,23H,2-12,19H2,1H3,(H,33,34). The number of fused-ring (bicyclic) bond motifs is 1. The number of aryl methyl sites for hydroxylation is 1. The van der Waals surface area contributed by atoms with Gasteiger partial charge in [0.1, 0.15) is 16.5 Å². The van der Waals surface area contributed by atoms with Crippen LogP contribution in [-0.2, 0) is 17.6 Å². The quantitative estimate of drug-likeness (QED) is 0.174. The lowest BCUT2D eigenvalue weighted by atomic mass is 9.93. The van der Waals surface area contributed by atoms with E-state index in [1.807, 2.05) is 24.3 Å². The van der Waals surface area contributed by atoms with Gasteiger partial charge in [-0.05, 0) is 74.8 Å². The first kappa shape index (κ1) is 26.4. The molecule has 3 aromatic rings.